The fourth-order valence-electron chi connectivity index (χ4n) is 4.45. The molecule has 27 heavy (non-hydrogen) atoms. The van der Waals surface area contributed by atoms with Gasteiger partial charge in [0, 0.05) is 32.6 Å². The first kappa shape index (κ1) is 14.6. The molecule has 2 amide bonds. The highest BCUT2D eigenvalue weighted by molar-refractivity contribution is 6.39. The second kappa shape index (κ2) is 4.57. The summed E-state index contributed by atoms with van der Waals surface area (Å²) in [6, 6.07) is 12.2. The molecule has 0 radical (unpaired) electrons. The number of H-pyrrole nitrogens is 2. The maximum absolute atomic E-state index is 12.7. The maximum atomic E-state index is 12.7. The van der Waals surface area contributed by atoms with Gasteiger partial charge < -0.3 is 9.97 Å². The Hall–Kier alpha value is -3.60. The summed E-state index contributed by atoms with van der Waals surface area (Å²) in [5.74, 6) is -0.658. The average molecular weight is 353 g/mol. The van der Waals surface area contributed by atoms with Crippen molar-refractivity contribution in [2.45, 2.75) is 13.8 Å². The van der Waals surface area contributed by atoms with E-state index in [9.17, 15) is 9.59 Å². The number of hydrogen-bond donors (Lipinski definition) is 3. The summed E-state index contributed by atoms with van der Waals surface area (Å²) >= 11 is 0. The van der Waals surface area contributed by atoms with Crippen LogP contribution in [-0.4, -0.2) is 21.8 Å². The van der Waals surface area contributed by atoms with Crippen LogP contribution in [0, 0.1) is 13.8 Å². The summed E-state index contributed by atoms with van der Waals surface area (Å²) < 4.78 is 0. The molecular weight excluding hydrogens is 338 g/mol. The van der Waals surface area contributed by atoms with Crippen LogP contribution in [0.5, 0.6) is 0 Å². The van der Waals surface area contributed by atoms with Crippen LogP contribution in [-0.2, 0) is 0 Å². The molecular formula is C22H15N3O2. The lowest BCUT2D eigenvalue weighted by Crippen LogP contribution is -2.20. The normalized spacial score (nSPS) is 14.0. The Kier molecular flexibility index (Phi) is 2.46. The second-order valence-corrected chi connectivity index (χ2v) is 7.38. The average Bonchev–Trinajstić information content (AvgIpc) is 3.25. The molecule has 0 bridgehead atoms. The zero-order chi connectivity index (χ0) is 18.4. The van der Waals surface area contributed by atoms with Crippen LogP contribution in [0.25, 0.3) is 43.6 Å². The van der Waals surface area contributed by atoms with Crippen molar-refractivity contribution in [3.05, 3.63) is 58.7 Å². The van der Waals surface area contributed by atoms with Crippen LogP contribution in [0.15, 0.2) is 36.4 Å². The number of amides is 2. The predicted octanol–water partition coefficient (Wildman–Crippen LogP) is 4.46. The Balaban J connectivity index is 1.98. The van der Waals surface area contributed by atoms with Crippen molar-refractivity contribution in [1.29, 1.82) is 0 Å². The minimum Gasteiger partial charge on any atom is -0.353 e. The molecule has 1 aliphatic rings. The summed E-state index contributed by atoms with van der Waals surface area (Å²) in [7, 11) is 0. The number of carbonyl (C=O) groups excluding carboxylic acids is 2. The Morgan fingerprint density at radius 3 is 1.56 bits per heavy atom. The summed E-state index contributed by atoms with van der Waals surface area (Å²) in [6.45, 7) is 4.07. The van der Waals surface area contributed by atoms with E-state index in [4.69, 9.17) is 0 Å². The first-order valence-electron chi connectivity index (χ1n) is 8.88. The van der Waals surface area contributed by atoms with Crippen LogP contribution < -0.4 is 5.32 Å². The lowest BCUT2D eigenvalue weighted by atomic mass is 9.96. The van der Waals surface area contributed by atoms with Crippen LogP contribution in [0.2, 0.25) is 0 Å². The molecule has 0 saturated carbocycles. The summed E-state index contributed by atoms with van der Waals surface area (Å²) in [5.41, 5.74) is 6.86. The van der Waals surface area contributed by atoms with Gasteiger partial charge in [-0.2, -0.15) is 0 Å². The number of imide groups is 1. The van der Waals surface area contributed by atoms with Gasteiger partial charge in [-0.3, -0.25) is 14.9 Å². The number of aromatic amines is 2. The van der Waals surface area contributed by atoms with Gasteiger partial charge >= 0.3 is 0 Å². The zero-order valence-corrected chi connectivity index (χ0v) is 14.8. The lowest BCUT2D eigenvalue weighted by molar-refractivity contribution is 0.0880. The molecule has 0 atom stereocenters. The molecule has 5 aromatic rings. The lowest BCUT2D eigenvalue weighted by Gasteiger charge is -2.03. The highest BCUT2D eigenvalue weighted by atomic mass is 16.2. The number of carbonyl (C=O) groups is 2. The van der Waals surface area contributed by atoms with E-state index in [0.717, 1.165) is 54.7 Å². The number of aromatic nitrogens is 2. The maximum Gasteiger partial charge on any atom is 0.259 e. The highest BCUT2D eigenvalue weighted by Gasteiger charge is 2.34. The van der Waals surface area contributed by atoms with Crippen LogP contribution >= 0.6 is 0 Å². The van der Waals surface area contributed by atoms with E-state index < -0.39 is 0 Å². The first-order chi connectivity index (χ1) is 13.0. The van der Waals surface area contributed by atoms with Gasteiger partial charge in [0.25, 0.3) is 11.8 Å². The number of nitrogens with one attached hydrogen (secondary N) is 3. The van der Waals surface area contributed by atoms with Gasteiger partial charge in [-0.15, -0.1) is 0 Å². The molecule has 3 aromatic carbocycles. The van der Waals surface area contributed by atoms with Gasteiger partial charge in [0.2, 0.25) is 0 Å². The largest absolute Gasteiger partial charge is 0.353 e. The standard InChI is InChI=1S/C22H15N3O2/c1-9-3-5-11-13(7-9)23-19-15(11)17-18(22(27)25-21(17)26)16-12-6-4-10(2)8-14(12)24-20(16)19/h3-8,23-24H,1-2H3,(H,25,26,27). The van der Waals surface area contributed by atoms with Gasteiger partial charge in [-0.25, -0.2) is 0 Å². The SMILES string of the molecule is Cc1ccc2c(c1)[nH]c1c3[nH]c4cc(C)ccc4c3c3c(c21)C(=O)NC3=O. The molecule has 0 unspecified atom stereocenters. The molecule has 2 aromatic heterocycles. The molecule has 5 nitrogen and oxygen atoms in total. The Morgan fingerprint density at radius 1 is 0.667 bits per heavy atom. The third-order valence-corrected chi connectivity index (χ3v) is 5.59. The molecule has 0 spiro atoms. The van der Waals surface area contributed by atoms with E-state index in [-0.39, 0.29) is 11.8 Å². The van der Waals surface area contributed by atoms with Crippen LogP contribution in [0.4, 0.5) is 0 Å². The third-order valence-electron chi connectivity index (χ3n) is 5.59. The molecule has 6 rings (SSSR count). The van der Waals surface area contributed by atoms with E-state index in [0.29, 0.717) is 11.1 Å². The van der Waals surface area contributed by atoms with Crippen molar-refractivity contribution < 1.29 is 9.59 Å². The summed E-state index contributed by atoms with van der Waals surface area (Å²) in [5, 5.41) is 6.01. The Morgan fingerprint density at radius 2 is 1.11 bits per heavy atom. The molecule has 3 heterocycles. The van der Waals surface area contributed by atoms with E-state index in [1.807, 2.05) is 38.1 Å². The van der Waals surface area contributed by atoms with Crippen molar-refractivity contribution in [2.75, 3.05) is 0 Å². The molecule has 3 N–H and O–H groups in total. The number of fused-ring (bicyclic) bond motifs is 10. The first-order valence-corrected chi connectivity index (χ1v) is 8.88. The van der Waals surface area contributed by atoms with Gasteiger partial charge in [0.15, 0.2) is 0 Å². The summed E-state index contributed by atoms with van der Waals surface area (Å²) in [4.78, 5) is 32.4. The predicted molar refractivity (Wildman–Crippen MR) is 106 cm³/mol. The smallest absolute Gasteiger partial charge is 0.259 e. The molecule has 5 heteroatoms. The van der Waals surface area contributed by atoms with Gasteiger partial charge in [-0.05, 0) is 37.1 Å². The van der Waals surface area contributed by atoms with Gasteiger partial charge in [-0.1, -0.05) is 24.3 Å². The fraction of sp³-hybridized carbons (Fsp3) is 0.0909. The number of hydrogen-bond acceptors (Lipinski definition) is 2. The van der Waals surface area contributed by atoms with Gasteiger partial charge in [0.1, 0.15) is 0 Å². The van der Waals surface area contributed by atoms with E-state index in [1.54, 1.807) is 0 Å². The Labute approximate surface area is 153 Å². The second-order valence-electron chi connectivity index (χ2n) is 7.38. The molecule has 1 aliphatic heterocycles. The number of benzene rings is 3. The monoisotopic (exact) mass is 353 g/mol. The van der Waals surface area contributed by atoms with Crippen LogP contribution in [0.3, 0.4) is 0 Å². The molecule has 0 saturated heterocycles. The minimum absolute atomic E-state index is 0.329. The van der Waals surface area contributed by atoms with E-state index in [2.05, 4.69) is 27.4 Å². The topological polar surface area (TPSA) is 77.8 Å². The van der Waals surface area contributed by atoms with Crippen molar-refractivity contribution in [3.8, 4) is 0 Å². The quantitative estimate of drug-likeness (QED) is 0.360. The highest BCUT2D eigenvalue weighted by Crippen LogP contribution is 2.42. The van der Waals surface area contributed by atoms with E-state index in [1.165, 1.54) is 0 Å². The van der Waals surface area contributed by atoms with Crippen molar-refractivity contribution in [1.82, 2.24) is 15.3 Å². The molecule has 0 aliphatic carbocycles. The van der Waals surface area contributed by atoms with Crippen molar-refractivity contribution in [3.63, 3.8) is 0 Å². The third kappa shape index (κ3) is 1.68. The zero-order valence-electron chi connectivity index (χ0n) is 14.8. The minimum atomic E-state index is -0.329. The van der Waals surface area contributed by atoms with Crippen LogP contribution in [0.1, 0.15) is 31.8 Å². The fourth-order valence-corrected chi connectivity index (χ4v) is 4.45. The number of rotatable bonds is 0. The van der Waals surface area contributed by atoms with Crippen molar-refractivity contribution >= 4 is 55.4 Å². The molecule has 0 fully saturated rings. The van der Waals surface area contributed by atoms with Crippen molar-refractivity contribution in [2.24, 2.45) is 0 Å². The summed E-state index contributed by atoms with van der Waals surface area (Å²) in [6.07, 6.45) is 0. The molecule has 130 valence electrons. The number of aryl methyl sites for hydroxylation is 2. The Bertz CT molecular complexity index is 1390. The van der Waals surface area contributed by atoms with E-state index >= 15 is 0 Å². The van der Waals surface area contributed by atoms with Gasteiger partial charge in [0.05, 0.1) is 22.2 Å².